The molecule has 2 aliphatic heterocycles. The van der Waals surface area contributed by atoms with Crippen molar-refractivity contribution >= 4 is 33.9 Å². The number of rotatable bonds is 8. The summed E-state index contributed by atoms with van der Waals surface area (Å²) in [5.41, 5.74) is 3.44. The molecule has 0 bridgehead atoms. The van der Waals surface area contributed by atoms with E-state index in [0.717, 1.165) is 84.6 Å². The predicted octanol–water partition coefficient (Wildman–Crippen LogP) is 7.90. The zero-order valence-electron chi connectivity index (χ0n) is 25.6. The summed E-state index contributed by atoms with van der Waals surface area (Å²) in [4.78, 5) is 14.1. The Kier molecular flexibility index (Phi) is 13.3. The fraction of sp³-hybridized carbons (Fsp3) is 0.576. The summed E-state index contributed by atoms with van der Waals surface area (Å²) >= 11 is 6.57. The first kappa shape index (κ1) is 32.0. The number of benzene rings is 2. The molecule has 2 aromatic carbocycles. The van der Waals surface area contributed by atoms with Crippen LogP contribution in [0, 0.1) is 5.92 Å². The number of unbranched alkanes of at least 4 members (excludes halogenated alkanes) is 2. The SMILES string of the molecule is CC.CCCCCC(C)CC.COc1nc2c(c(N3CCNCC3)n1)CCN(c1cccc3cccc(Cl)c13)C2. The van der Waals surface area contributed by atoms with E-state index in [2.05, 4.69) is 60.2 Å². The first-order valence-electron chi connectivity index (χ1n) is 15.4. The summed E-state index contributed by atoms with van der Waals surface area (Å²) in [7, 11) is 1.63. The van der Waals surface area contributed by atoms with Gasteiger partial charge >= 0.3 is 6.01 Å². The highest BCUT2D eigenvalue weighted by molar-refractivity contribution is 6.36. The number of halogens is 1. The van der Waals surface area contributed by atoms with Gasteiger partial charge in [-0.3, -0.25) is 0 Å². The Morgan fingerprint density at radius 2 is 1.70 bits per heavy atom. The van der Waals surface area contributed by atoms with E-state index in [9.17, 15) is 0 Å². The maximum absolute atomic E-state index is 6.57. The number of aromatic nitrogens is 2. The molecular weight excluding hydrogens is 518 g/mol. The monoisotopic (exact) mass is 567 g/mol. The van der Waals surface area contributed by atoms with Crippen LogP contribution in [0.4, 0.5) is 11.5 Å². The Labute approximate surface area is 247 Å². The van der Waals surface area contributed by atoms with Gasteiger partial charge in [-0.1, -0.05) is 103 Å². The van der Waals surface area contributed by atoms with Crippen molar-refractivity contribution in [1.82, 2.24) is 15.3 Å². The fourth-order valence-electron chi connectivity index (χ4n) is 5.31. The quantitative estimate of drug-likeness (QED) is 0.279. The minimum Gasteiger partial charge on any atom is -0.467 e. The number of hydrogen-bond donors (Lipinski definition) is 1. The average Bonchev–Trinajstić information content (AvgIpc) is 3.01. The third-order valence-corrected chi connectivity index (χ3v) is 8.11. The van der Waals surface area contributed by atoms with E-state index >= 15 is 0 Å². The number of fused-ring (bicyclic) bond motifs is 2. The summed E-state index contributed by atoms with van der Waals surface area (Å²) < 4.78 is 5.44. The van der Waals surface area contributed by atoms with Gasteiger partial charge in [-0.2, -0.15) is 9.97 Å². The van der Waals surface area contributed by atoms with Gasteiger partial charge in [-0.25, -0.2) is 0 Å². The van der Waals surface area contributed by atoms with Gasteiger partial charge in [0.2, 0.25) is 0 Å². The van der Waals surface area contributed by atoms with Gasteiger partial charge in [0.15, 0.2) is 0 Å². The molecule has 0 aliphatic carbocycles. The van der Waals surface area contributed by atoms with E-state index in [1.807, 2.05) is 26.0 Å². The maximum atomic E-state index is 6.57. The molecule has 1 atom stereocenters. The van der Waals surface area contributed by atoms with Gasteiger partial charge in [-0.15, -0.1) is 0 Å². The topological polar surface area (TPSA) is 53.5 Å². The third-order valence-electron chi connectivity index (χ3n) is 7.79. The van der Waals surface area contributed by atoms with Gasteiger partial charge in [0.05, 0.1) is 24.4 Å². The second-order valence-electron chi connectivity index (χ2n) is 10.5. The molecule has 40 heavy (non-hydrogen) atoms. The van der Waals surface area contributed by atoms with Gasteiger partial charge in [-0.05, 0) is 29.9 Å². The molecule has 1 N–H and O–H groups in total. The Morgan fingerprint density at radius 3 is 2.38 bits per heavy atom. The van der Waals surface area contributed by atoms with Crippen molar-refractivity contribution in [2.24, 2.45) is 5.92 Å². The Bertz CT molecular complexity index is 1180. The summed E-state index contributed by atoms with van der Waals surface area (Å²) in [6, 6.07) is 12.9. The summed E-state index contributed by atoms with van der Waals surface area (Å²) in [6.45, 7) is 16.4. The number of hydrogen-bond acceptors (Lipinski definition) is 6. The van der Waals surface area contributed by atoms with E-state index in [4.69, 9.17) is 26.3 Å². The second kappa shape index (κ2) is 16.6. The number of nitrogens with one attached hydrogen (secondary N) is 1. The molecule has 0 amide bonds. The molecule has 0 radical (unpaired) electrons. The molecule has 220 valence electrons. The lowest BCUT2D eigenvalue weighted by Gasteiger charge is -2.35. The van der Waals surface area contributed by atoms with Crippen molar-refractivity contribution in [2.45, 2.75) is 79.7 Å². The van der Waals surface area contributed by atoms with Gasteiger partial charge in [0.25, 0.3) is 0 Å². The molecule has 3 heterocycles. The first-order valence-corrected chi connectivity index (χ1v) is 15.7. The Morgan fingerprint density at radius 1 is 0.975 bits per heavy atom. The third kappa shape index (κ3) is 8.23. The number of piperazine rings is 1. The van der Waals surface area contributed by atoms with Crippen molar-refractivity contribution in [2.75, 3.05) is 49.6 Å². The van der Waals surface area contributed by atoms with Crippen LogP contribution in [-0.2, 0) is 13.0 Å². The molecule has 1 saturated heterocycles. The molecule has 1 aromatic heterocycles. The Balaban J connectivity index is 0.000000345. The molecular formula is C33H50ClN5O. The zero-order chi connectivity index (χ0) is 28.9. The van der Waals surface area contributed by atoms with Gasteiger partial charge in [0.1, 0.15) is 5.82 Å². The predicted molar refractivity (Wildman–Crippen MR) is 172 cm³/mol. The number of ether oxygens (including phenoxy) is 1. The van der Waals surface area contributed by atoms with Crippen LogP contribution in [0.15, 0.2) is 36.4 Å². The zero-order valence-corrected chi connectivity index (χ0v) is 26.4. The van der Waals surface area contributed by atoms with Crippen LogP contribution in [0.25, 0.3) is 10.8 Å². The lowest BCUT2D eigenvalue weighted by atomic mass is 10.0. The standard InChI is InChI=1S/C22H24ClN5O.C9H20.C2H6/c1-29-22-25-18-14-28(19-7-3-5-15-4-2-6-17(23)20(15)19)11-8-16(18)21(26-22)27-12-9-24-10-13-27;1-4-6-7-8-9(3)5-2;1-2/h2-7,24H,8-14H2,1H3;9H,4-8H2,1-3H3;1-2H3. The summed E-state index contributed by atoms with van der Waals surface area (Å²) in [6.07, 6.45) is 7.90. The van der Waals surface area contributed by atoms with Crippen LogP contribution >= 0.6 is 11.6 Å². The summed E-state index contributed by atoms with van der Waals surface area (Å²) in [5.74, 6) is 1.99. The van der Waals surface area contributed by atoms with Crippen LogP contribution in [-0.4, -0.2) is 49.8 Å². The largest absolute Gasteiger partial charge is 0.467 e. The molecule has 2 aliphatic rings. The van der Waals surface area contributed by atoms with Crippen molar-refractivity contribution in [3.05, 3.63) is 52.7 Å². The first-order chi connectivity index (χ1) is 19.5. The fourth-order valence-corrected chi connectivity index (χ4v) is 5.59. The normalized spacial score (nSPS) is 15.4. The van der Waals surface area contributed by atoms with E-state index in [0.29, 0.717) is 6.01 Å². The minimum absolute atomic E-state index is 0.440. The number of nitrogens with zero attached hydrogens (tertiary/aromatic N) is 4. The van der Waals surface area contributed by atoms with Crippen LogP contribution < -0.4 is 19.9 Å². The van der Waals surface area contributed by atoms with E-state index in [1.165, 1.54) is 37.7 Å². The molecule has 7 heteroatoms. The smallest absolute Gasteiger partial charge is 0.318 e. The van der Waals surface area contributed by atoms with E-state index < -0.39 is 0 Å². The van der Waals surface area contributed by atoms with E-state index in [1.54, 1.807) is 7.11 Å². The minimum atomic E-state index is 0.440. The highest BCUT2D eigenvalue weighted by Gasteiger charge is 2.27. The average molecular weight is 568 g/mol. The van der Waals surface area contributed by atoms with E-state index in [-0.39, 0.29) is 0 Å². The molecule has 1 fully saturated rings. The highest BCUT2D eigenvalue weighted by atomic mass is 35.5. The highest BCUT2D eigenvalue weighted by Crippen LogP contribution is 2.36. The van der Waals surface area contributed by atoms with Crippen LogP contribution in [0.1, 0.15) is 78.0 Å². The van der Waals surface area contributed by atoms with Crippen LogP contribution in [0.5, 0.6) is 6.01 Å². The molecule has 3 aromatic rings. The number of methoxy groups -OCH3 is 1. The lowest BCUT2D eigenvalue weighted by Crippen LogP contribution is -2.45. The molecule has 5 rings (SSSR count). The lowest BCUT2D eigenvalue weighted by molar-refractivity contribution is 0.376. The molecule has 0 saturated carbocycles. The van der Waals surface area contributed by atoms with Crippen molar-refractivity contribution in [3.63, 3.8) is 0 Å². The van der Waals surface area contributed by atoms with Crippen LogP contribution in [0.2, 0.25) is 5.02 Å². The van der Waals surface area contributed by atoms with Crippen molar-refractivity contribution < 1.29 is 4.74 Å². The molecule has 0 spiro atoms. The summed E-state index contributed by atoms with van der Waals surface area (Å²) in [5, 5.41) is 6.45. The van der Waals surface area contributed by atoms with Crippen LogP contribution in [0.3, 0.4) is 0 Å². The van der Waals surface area contributed by atoms with Crippen molar-refractivity contribution in [1.29, 1.82) is 0 Å². The molecule has 6 nitrogen and oxygen atoms in total. The van der Waals surface area contributed by atoms with Crippen molar-refractivity contribution in [3.8, 4) is 6.01 Å². The van der Waals surface area contributed by atoms with Gasteiger partial charge < -0.3 is 19.9 Å². The number of anilines is 2. The van der Waals surface area contributed by atoms with Gasteiger partial charge in [0, 0.05) is 49.4 Å². The second-order valence-corrected chi connectivity index (χ2v) is 10.9. The molecule has 1 unspecified atom stereocenters. The maximum Gasteiger partial charge on any atom is 0.318 e. The Hall–Kier alpha value is -2.57.